The lowest BCUT2D eigenvalue weighted by Crippen LogP contribution is -2.41. The average Bonchev–Trinajstić information content (AvgIpc) is 2.96. The molecule has 1 aliphatic carbocycles. The summed E-state index contributed by atoms with van der Waals surface area (Å²) in [6.45, 7) is 0. The second kappa shape index (κ2) is 6.55. The van der Waals surface area contributed by atoms with E-state index in [-0.39, 0.29) is 24.0 Å². The summed E-state index contributed by atoms with van der Waals surface area (Å²) in [5.41, 5.74) is 7.16. The Morgan fingerprint density at radius 2 is 2.30 bits per heavy atom. The number of ether oxygens (including phenoxy) is 1. The van der Waals surface area contributed by atoms with Gasteiger partial charge in [0, 0.05) is 6.20 Å². The molecule has 0 aliphatic heterocycles. The van der Waals surface area contributed by atoms with Gasteiger partial charge >= 0.3 is 0 Å². The largest absolute Gasteiger partial charge is 0.495 e. The van der Waals surface area contributed by atoms with Crippen molar-refractivity contribution < 1.29 is 14.6 Å². The summed E-state index contributed by atoms with van der Waals surface area (Å²) in [5, 5.41) is 14.4. The van der Waals surface area contributed by atoms with E-state index in [0.717, 1.165) is 5.56 Å². The van der Waals surface area contributed by atoms with Crippen LogP contribution < -0.4 is 15.8 Å². The number of aromatic nitrogens is 1. The summed E-state index contributed by atoms with van der Waals surface area (Å²) in [6.07, 6.45) is 4.35. The fourth-order valence-electron chi connectivity index (χ4n) is 2.80. The second-order valence-corrected chi connectivity index (χ2v) is 6.62. The average molecular weight is 333 g/mol. The molecule has 23 heavy (non-hydrogen) atoms. The molecular weight excluding hydrogens is 314 g/mol. The standard InChI is InChI=1S/C16H19N3O3S/c1-22-12-6-10(7-18-8-12)14(9-4-11(20)5-9)19-16(21)15-13(17)2-3-23-15/h2-3,6-9,11,14,20H,4-5,17H2,1H3,(H,19,21)/t9?,11?,14-/m1/s1. The van der Waals surface area contributed by atoms with E-state index in [4.69, 9.17) is 10.5 Å². The van der Waals surface area contributed by atoms with Crippen LogP contribution in [0.3, 0.4) is 0 Å². The molecule has 2 aromatic heterocycles. The first-order valence-corrected chi connectivity index (χ1v) is 8.27. The van der Waals surface area contributed by atoms with Crippen molar-refractivity contribution in [2.24, 2.45) is 5.92 Å². The molecule has 122 valence electrons. The molecule has 3 rings (SSSR count). The number of nitrogens with two attached hydrogens (primary N) is 1. The highest BCUT2D eigenvalue weighted by Crippen LogP contribution is 2.39. The van der Waals surface area contributed by atoms with Gasteiger partial charge in [0.2, 0.25) is 0 Å². The van der Waals surface area contributed by atoms with Crippen LogP contribution >= 0.6 is 11.3 Å². The number of carbonyl (C=O) groups is 1. The lowest BCUT2D eigenvalue weighted by molar-refractivity contribution is 0.0235. The van der Waals surface area contributed by atoms with Gasteiger partial charge in [0.1, 0.15) is 10.6 Å². The van der Waals surface area contributed by atoms with Crippen LogP contribution in [0.5, 0.6) is 5.75 Å². The number of anilines is 1. The van der Waals surface area contributed by atoms with Crippen LogP contribution in [0.15, 0.2) is 29.9 Å². The van der Waals surface area contributed by atoms with E-state index in [0.29, 0.717) is 29.2 Å². The number of pyridine rings is 1. The Morgan fingerprint density at radius 3 is 2.91 bits per heavy atom. The Morgan fingerprint density at radius 1 is 1.52 bits per heavy atom. The van der Waals surface area contributed by atoms with Gasteiger partial charge in [0.05, 0.1) is 31.1 Å². The maximum Gasteiger partial charge on any atom is 0.263 e. The summed E-state index contributed by atoms with van der Waals surface area (Å²) in [6, 6.07) is 3.35. The smallest absolute Gasteiger partial charge is 0.263 e. The van der Waals surface area contributed by atoms with E-state index in [2.05, 4.69) is 10.3 Å². The Labute approximate surface area is 138 Å². The van der Waals surface area contributed by atoms with E-state index in [1.807, 2.05) is 6.07 Å². The summed E-state index contributed by atoms with van der Waals surface area (Å²) >= 11 is 1.31. The van der Waals surface area contributed by atoms with E-state index in [1.54, 1.807) is 30.9 Å². The molecule has 1 saturated carbocycles. The molecule has 4 N–H and O–H groups in total. The van der Waals surface area contributed by atoms with Gasteiger partial charge in [-0.1, -0.05) is 0 Å². The van der Waals surface area contributed by atoms with Crippen molar-refractivity contribution >= 4 is 22.9 Å². The maximum atomic E-state index is 12.5. The molecule has 1 amide bonds. The highest BCUT2D eigenvalue weighted by molar-refractivity contribution is 7.12. The fraction of sp³-hybridized carbons (Fsp3) is 0.375. The molecule has 1 atom stereocenters. The van der Waals surface area contributed by atoms with Crippen LogP contribution in [0.1, 0.15) is 34.1 Å². The molecule has 0 bridgehead atoms. The summed E-state index contributed by atoms with van der Waals surface area (Å²) in [7, 11) is 1.58. The first-order valence-electron chi connectivity index (χ1n) is 7.39. The third kappa shape index (κ3) is 3.30. The van der Waals surface area contributed by atoms with Crippen LogP contribution in [0, 0.1) is 5.92 Å². The predicted molar refractivity (Wildman–Crippen MR) is 88.5 cm³/mol. The Hall–Kier alpha value is -2.12. The normalized spacial score (nSPS) is 21.3. The minimum Gasteiger partial charge on any atom is -0.495 e. The monoisotopic (exact) mass is 333 g/mol. The second-order valence-electron chi connectivity index (χ2n) is 5.70. The van der Waals surface area contributed by atoms with Crippen LogP contribution in [-0.4, -0.2) is 29.2 Å². The number of nitrogen functional groups attached to an aromatic ring is 1. The number of nitrogens with one attached hydrogen (secondary N) is 1. The third-order valence-electron chi connectivity index (χ3n) is 4.14. The molecule has 2 heterocycles. The zero-order valence-electron chi connectivity index (χ0n) is 12.7. The molecule has 6 nitrogen and oxygen atoms in total. The topological polar surface area (TPSA) is 97.5 Å². The zero-order chi connectivity index (χ0) is 16.4. The summed E-state index contributed by atoms with van der Waals surface area (Å²) < 4.78 is 5.21. The molecule has 0 unspecified atom stereocenters. The van der Waals surface area contributed by atoms with Gasteiger partial charge in [0.15, 0.2) is 0 Å². The Balaban J connectivity index is 1.84. The molecule has 1 aliphatic rings. The van der Waals surface area contributed by atoms with Crippen LogP contribution in [-0.2, 0) is 0 Å². The summed E-state index contributed by atoms with van der Waals surface area (Å²) in [5.74, 6) is 0.605. The van der Waals surface area contributed by atoms with Gasteiger partial charge in [-0.05, 0) is 41.8 Å². The number of nitrogens with zero attached hydrogens (tertiary/aromatic N) is 1. The number of carbonyl (C=O) groups excluding carboxylic acids is 1. The SMILES string of the molecule is COc1cncc([C@H](NC(=O)c2sccc2N)C2CC(O)C2)c1. The number of thiophene rings is 1. The Kier molecular flexibility index (Phi) is 4.49. The van der Waals surface area contributed by atoms with Gasteiger partial charge in [0.25, 0.3) is 5.91 Å². The molecule has 0 aromatic carbocycles. The molecule has 0 saturated heterocycles. The van der Waals surface area contributed by atoms with Crippen LogP contribution in [0.25, 0.3) is 0 Å². The van der Waals surface area contributed by atoms with E-state index >= 15 is 0 Å². The summed E-state index contributed by atoms with van der Waals surface area (Å²) in [4.78, 5) is 17.2. The highest BCUT2D eigenvalue weighted by Gasteiger charge is 2.36. The van der Waals surface area contributed by atoms with E-state index in [9.17, 15) is 9.90 Å². The van der Waals surface area contributed by atoms with E-state index in [1.165, 1.54) is 11.3 Å². The number of aliphatic hydroxyl groups is 1. The first kappa shape index (κ1) is 15.8. The lowest BCUT2D eigenvalue weighted by atomic mass is 9.75. The fourth-order valence-corrected chi connectivity index (χ4v) is 3.52. The van der Waals surface area contributed by atoms with Crippen molar-refractivity contribution in [3.8, 4) is 5.75 Å². The lowest BCUT2D eigenvalue weighted by Gasteiger charge is -2.38. The predicted octanol–water partition coefficient (Wildman–Crippen LogP) is 1.98. The molecule has 0 radical (unpaired) electrons. The van der Waals surface area contributed by atoms with Gasteiger partial charge in [-0.2, -0.15) is 0 Å². The Bertz CT molecular complexity index is 697. The minimum absolute atomic E-state index is 0.170. The molecule has 1 fully saturated rings. The van der Waals surface area contributed by atoms with Crippen LogP contribution in [0.4, 0.5) is 5.69 Å². The van der Waals surface area contributed by atoms with Gasteiger partial charge in [-0.25, -0.2) is 0 Å². The third-order valence-corrected chi connectivity index (χ3v) is 5.07. The van der Waals surface area contributed by atoms with Crippen LogP contribution in [0.2, 0.25) is 0 Å². The van der Waals surface area contributed by atoms with E-state index < -0.39 is 0 Å². The molecule has 0 spiro atoms. The van der Waals surface area contributed by atoms with Crippen molar-refractivity contribution in [2.45, 2.75) is 25.0 Å². The van der Waals surface area contributed by atoms with Crippen molar-refractivity contribution in [2.75, 3.05) is 12.8 Å². The highest BCUT2D eigenvalue weighted by atomic mass is 32.1. The number of aliphatic hydroxyl groups excluding tert-OH is 1. The maximum absolute atomic E-state index is 12.5. The number of rotatable bonds is 5. The quantitative estimate of drug-likeness (QED) is 0.777. The molecule has 7 heteroatoms. The van der Waals surface area contributed by atoms with Gasteiger partial charge in [-0.15, -0.1) is 11.3 Å². The van der Waals surface area contributed by atoms with Crippen molar-refractivity contribution in [1.82, 2.24) is 10.3 Å². The number of hydrogen-bond acceptors (Lipinski definition) is 6. The number of amides is 1. The zero-order valence-corrected chi connectivity index (χ0v) is 13.5. The van der Waals surface area contributed by atoms with Gasteiger partial charge < -0.3 is 20.9 Å². The van der Waals surface area contributed by atoms with Crippen molar-refractivity contribution in [3.05, 3.63) is 40.3 Å². The van der Waals surface area contributed by atoms with Gasteiger partial charge in [-0.3, -0.25) is 9.78 Å². The van der Waals surface area contributed by atoms with Crippen molar-refractivity contribution in [1.29, 1.82) is 0 Å². The molecule has 2 aromatic rings. The first-order chi connectivity index (χ1) is 11.1. The minimum atomic E-state index is -0.301. The molecular formula is C16H19N3O3S. The van der Waals surface area contributed by atoms with Crippen molar-refractivity contribution in [3.63, 3.8) is 0 Å². The number of hydrogen-bond donors (Lipinski definition) is 3. The number of methoxy groups -OCH3 is 1.